The zero-order valence-electron chi connectivity index (χ0n) is 13.5. The lowest BCUT2D eigenvalue weighted by Crippen LogP contribution is -2.28. The van der Waals surface area contributed by atoms with Crippen LogP contribution in [-0.2, 0) is 0 Å². The molecule has 2 nitrogen and oxygen atoms in total. The molecule has 0 bridgehead atoms. The van der Waals surface area contributed by atoms with Crippen molar-refractivity contribution >= 4 is 23.3 Å². The van der Waals surface area contributed by atoms with Crippen LogP contribution in [-0.4, -0.2) is 16.9 Å². The largest absolute Gasteiger partial charge is 0.446 e. The Bertz CT molecular complexity index is 725. The van der Waals surface area contributed by atoms with Gasteiger partial charge in [0, 0.05) is 10.9 Å². The van der Waals surface area contributed by atoms with Crippen LogP contribution >= 0.6 is 0 Å². The molecule has 22 heavy (non-hydrogen) atoms. The quantitative estimate of drug-likeness (QED) is 0.736. The molecule has 0 fully saturated rings. The highest BCUT2D eigenvalue weighted by molar-refractivity contribution is 6.66. The van der Waals surface area contributed by atoms with Crippen LogP contribution in [0.2, 0.25) is 6.32 Å². The van der Waals surface area contributed by atoms with Gasteiger partial charge in [-0.15, -0.1) is 0 Å². The average molecular weight is 291 g/mol. The summed E-state index contributed by atoms with van der Waals surface area (Å²) in [6.45, 7) is 5.59. The van der Waals surface area contributed by atoms with E-state index in [0.717, 1.165) is 33.9 Å². The van der Waals surface area contributed by atoms with E-state index in [1.165, 1.54) is 0 Å². The lowest BCUT2D eigenvalue weighted by Gasteiger charge is -2.06. The third-order valence-electron chi connectivity index (χ3n) is 3.58. The molecule has 0 saturated carbocycles. The Balaban J connectivity index is 0.000000847. The minimum absolute atomic E-state index is 0.381. The molecule has 0 aliphatic carbocycles. The van der Waals surface area contributed by atoms with E-state index in [4.69, 9.17) is 0 Å². The smallest absolute Gasteiger partial charge is 0.323 e. The molecule has 2 aromatic carbocycles. The number of nitrogens with zero attached hydrogens (tertiary/aromatic N) is 1. The lowest BCUT2D eigenvalue weighted by atomic mass is 9.59. The zero-order valence-corrected chi connectivity index (χ0v) is 13.5. The summed E-state index contributed by atoms with van der Waals surface area (Å²) in [7, 11) is 0. The van der Waals surface area contributed by atoms with Gasteiger partial charge in [-0.25, -0.2) is 4.98 Å². The molecule has 0 unspecified atom stereocenters. The molecule has 0 radical (unpaired) electrons. The highest BCUT2D eigenvalue weighted by Crippen LogP contribution is 2.20. The van der Waals surface area contributed by atoms with Gasteiger partial charge < -0.3 is 5.02 Å². The van der Waals surface area contributed by atoms with Gasteiger partial charge in [0.25, 0.3) is 0 Å². The molecule has 1 N–H and O–H groups in total. The zero-order chi connectivity index (χ0) is 15.9. The van der Waals surface area contributed by atoms with Gasteiger partial charge in [0.2, 0.25) is 0 Å². The van der Waals surface area contributed by atoms with Crippen molar-refractivity contribution in [1.29, 1.82) is 0 Å². The minimum atomic E-state index is -0.381. The topological polar surface area (TPSA) is 33.1 Å². The summed E-state index contributed by atoms with van der Waals surface area (Å²) < 4.78 is 0. The molecule has 3 aromatic rings. The molecule has 0 spiro atoms. The van der Waals surface area contributed by atoms with Crippen LogP contribution in [0.5, 0.6) is 0 Å². The summed E-state index contributed by atoms with van der Waals surface area (Å²) in [6.07, 6.45) is 0.730. The molecular formula is C19H22BNO. The van der Waals surface area contributed by atoms with E-state index in [2.05, 4.69) is 17.1 Å². The van der Waals surface area contributed by atoms with E-state index in [1.54, 1.807) is 0 Å². The van der Waals surface area contributed by atoms with Crippen molar-refractivity contribution in [2.75, 3.05) is 0 Å². The maximum atomic E-state index is 9.82. The Morgan fingerprint density at radius 1 is 0.909 bits per heavy atom. The molecule has 0 amide bonds. The number of hydrogen-bond acceptors (Lipinski definition) is 2. The second-order valence-corrected chi connectivity index (χ2v) is 4.94. The first-order valence-corrected chi connectivity index (χ1v) is 7.92. The van der Waals surface area contributed by atoms with Crippen molar-refractivity contribution in [2.24, 2.45) is 0 Å². The van der Waals surface area contributed by atoms with Gasteiger partial charge in [0.05, 0.1) is 11.2 Å². The van der Waals surface area contributed by atoms with Gasteiger partial charge in [-0.05, 0) is 23.9 Å². The SMILES string of the molecule is CC.CCB(O)c1ccc(-c2ccc3ccccc3n2)cc1. The fourth-order valence-corrected chi connectivity index (χ4v) is 2.34. The third kappa shape index (κ3) is 3.55. The molecular weight excluding hydrogens is 269 g/mol. The summed E-state index contributed by atoms with van der Waals surface area (Å²) in [5.74, 6) is 0. The standard InChI is InChI=1S/C17H16BNO.C2H6/c1-2-18(20)15-10-7-14(8-11-15)17-12-9-13-5-3-4-6-16(13)19-17;1-2/h3-12,20H,2H2,1H3;1-2H3. The van der Waals surface area contributed by atoms with Crippen molar-refractivity contribution in [1.82, 2.24) is 4.98 Å². The summed E-state index contributed by atoms with van der Waals surface area (Å²) in [5.41, 5.74) is 3.99. The third-order valence-corrected chi connectivity index (χ3v) is 3.58. The molecule has 0 atom stereocenters. The van der Waals surface area contributed by atoms with Crippen LogP contribution in [0.3, 0.4) is 0 Å². The van der Waals surface area contributed by atoms with Crippen LogP contribution in [0.4, 0.5) is 0 Å². The van der Waals surface area contributed by atoms with Crippen molar-refractivity contribution in [2.45, 2.75) is 27.1 Å². The number of para-hydroxylation sites is 1. The van der Waals surface area contributed by atoms with Gasteiger partial charge in [-0.1, -0.05) is 69.3 Å². The first kappa shape index (κ1) is 16.2. The number of hydrogen-bond donors (Lipinski definition) is 1. The van der Waals surface area contributed by atoms with E-state index in [0.29, 0.717) is 0 Å². The number of rotatable bonds is 3. The predicted octanol–water partition coefficient (Wildman–Crippen LogP) is 4.14. The molecule has 112 valence electrons. The molecule has 3 heteroatoms. The molecule has 0 saturated heterocycles. The Hall–Kier alpha value is -2.13. The Morgan fingerprint density at radius 2 is 1.59 bits per heavy atom. The van der Waals surface area contributed by atoms with Gasteiger partial charge in [-0.3, -0.25) is 0 Å². The number of pyridine rings is 1. The maximum Gasteiger partial charge on any atom is 0.323 e. The second kappa shape index (κ2) is 7.76. The van der Waals surface area contributed by atoms with E-state index in [9.17, 15) is 5.02 Å². The van der Waals surface area contributed by atoms with Gasteiger partial charge in [0.15, 0.2) is 0 Å². The monoisotopic (exact) mass is 291 g/mol. The number of aromatic nitrogens is 1. The predicted molar refractivity (Wildman–Crippen MR) is 96.6 cm³/mol. The van der Waals surface area contributed by atoms with Gasteiger partial charge in [-0.2, -0.15) is 0 Å². The van der Waals surface area contributed by atoms with Crippen LogP contribution in [0, 0.1) is 0 Å². The van der Waals surface area contributed by atoms with Crippen LogP contribution in [0.25, 0.3) is 22.2 Å². The Morgan fingerprint density at radius 3 is 2.27 bits per heavy atom. The van der Waals surface area contributed by atoms with E-state index < -0.39 is 0 Å². The molecule has 3 rings (SSSR count). The van der Waals surface area contributed by atoms with Crippen molar-refractivity contribution in [3.8, 4) is 11.3 Å². The van der Waals surface area contributed by atoms with E-state index >= 15 is 0 Å². The first-order chi connectivity index (χ1) is 10.8. The summed E-state index contributed by atoms with van der Waals surface area (Å²) in [5, 5.41) is 11.0. The summed E-state index contributed by atoms with van der Waals surface area (Å²) in [6, 6.07) is 20.2. The lowest BCUT2D eigenvalue weighted by molar-refractivity contribution is 0.586. The average Bonchev–Trinajstić information content (AvgIpc) is 2.62. The Kier molecular flexibility index (Phi) is 5.73. The fraction of sp³-hybridized carbons (Fsp3) is 0.211. The fourth-order valence-electron chi connectivity index (χ4n) is 2.34. The van der Waals surface area contributed by atoms with Crippen molar-refractivity contribution in [3.05, 3.63) is 60.7 Å². The molecule has 1 heterocycles. The van der Waals surface area contributed by atoms with E-state index in [-0.39, 0.29) is 6.92 Å². The van der Waals surface area contributed by atoms with Crippen LogP contribution < -0.4 is 5.46 Å². The van der Waals surface area contributed by atoms with Crippen molar-refractivity contribution < 1.29 is 5.02 Å². The van der Waals surface area contributed by atoms with Crippen LogP contribution in [0.15, 0.2) is 60.7 Å². The minimum Gasteiger partial charge on any atom is -0.446 e. The van der Waals surface area contributed by atoms with Crippen LogP contribution in [0.1, 0.15) is 20.8 Å². The van der Waals surface area contributed by atoms with Gasteiger partial charge in [0.1, 0.15) is 0 Å². The normalized spacial score (nSPS) is 10.0. The maximum absolute atomic E-state index is 9.82. The number of benzene rings is 2. The summed E-state index contributed by atoms with van der Waals surface area (Å²) in [4.78, 5) is 4.68. The molecule has 0 aliphatic rings. The van der Waals surface area contributed by atoms with Gasteiger partial charge >= 0.3 is 6.92 Å². The Labute approximate surface area is 133 Å². The highest BCUT2D eigenvalue weighted by atomic mass is 16.2. The molecule has 0 aliphatic heterocycles. The van der Waals surface area contributed by atoms with Crippen molar-refractivity contribution in [3.63, 3.8) is 0 Å². The number of fused-ring (bicyclic) bond motifs is 1. The first-order valence-electron chi connectivity index (χ1n) is 7.92. The second-order valence-electron chi connectivity index (χ2n) is 4.94. The summed E-state index contributed by atoms with van der Waals surface area (Å²) >= 11 is 0. The highest BCUT2D eigenvalue weighted by Gasteiger charge is 2.10. The van der Waals surface area contributed by atoms with E-state index in [1.807, 2.05) is 69.3 Å². The molecule has 1 aromatic heterocycles.